The maximum atomic E-state index is 12.0. The number of rotatable bonds is 5. The molecule has 2 N–H and O–H groups in total. The maximum Gasteiger partial charge on any atom is 0.269 e. The van der Waals surface area contributed by atoms with Crippen LogP contribution >= 0.6 is 0 Å². The largest absolute Gasteiger partial charge is 0.351 e. The number of aromatic amines is 1. The number of nitro groups is 1. The van der Waals surface area contributed by atoms with Crippen molar-refractivity contribution in [2.45, 2.75) is 6.42 Å². The third-order valence-corrected chi connectivity index (χ3v) is 3.62. The van der Waals surface area contributed by atoms with Crippen molar-refractivity contribution in [3.05, 3.63) is 58.1 Å². The highest BCUT2D eigenvalue weighted by atomic mass is 16.6. The molecule has 0 saturated heterocycles. The molecule has 0 spiro atoms. The number of non-ortho nitro benzene ring substituents is 1. The zero-order valence-corrected chi connectivity index (χ0v) is 13.0. The fourth-order valence-electron chi connectivity index (χ4n) is 2.36. The minimum absolute atomic E-state index is 0.0104. The first-order chi connectivity index (χ1) is 12.1. The fraction of sp³-hybridized carbons (Fsp3) is 0.118. The molecule has 0 unspecified atom stereocenters. The van der Waals surface area contributed by atoms with E-state index in [2.05, 4.69) is 15.3 Å². The van der Waals surface area contributed by atoms with Crippen LogP contribution in [-0.2, 0) is 0 Å². The van der Waals surface area contributed by atoms with Gasteiger partial charge in [0.05, 0.1) is 28.4 Å². The van der Waals surface area contributed by atoms with Crippen LogP contribution in [0, 0.1) is 21.4 Å². The number of H-pyrrole nitrogens is 1. The summed E-state index contributed by atoms with van der Waals surface area (Å²) in [6.45, 7) is 0.296. The van der Waals surface area contributed by atoms with Crippen molar-refractivity contribution >= 4 is 22.6 Å². The Hall–Kier alpha value is -3.73. The fourth-order valence-corrected chi connectivity index (χ4v) is 2.36. The number of nitrogens with zero attached hydrogens (tertiary/aromatic N) is 3. The number of imidazole rings is 1. The van der Waals surface area contributed by atoms with Crippen LogP contribution in [0.4, 0.5) is 5.69 Å². The van der Waals surface area contributed by atoms with E-state index in [1.54, 1.807) is 30.3 Å². The second kappa shape index (κ2) is 6.80. The van der Waals surface area contributed by atoms with Gasteiger partial charge < -0.3 is 10.3 Å². The smallest absolute Gasteiger partial charge is 0.269 e. The Labute approximate surface area is 142 Å². The summed E-state index contributed by atoms with van der Waals surface area (Å²) in [5.74, 6) is 0.301. The molecule has 0 aliphatic rings. The molecule has 0 aliphatic carbocycles. The Morgan fingerprint density at radius 1 is 1.28 bits per heavy atom. The number of hydrogen-bond donors (Lipinski definition) is 2. The Kier molecular flexibility index (Phi) is 4.39. The molecule has 1 amide bonds. The third kappa shape index (κ3) is 3.45. The van der Waals surface area contributed by atoms with Gasteiger partial charge in [0.2, 0.25) is 0 Å². The third-order valence-electron chi connectivity index (χ3n) is 3.62. The van der Waals surface area contributed by atoms with Crippen LogP contribution in [0.5, 0.6) is 0 Å². The number of carbonyl (C=O) groups excluding carboxylic acids is 1. The van der Waals surface area contributed by atoms with Gasteiger partial charge in [-0.25, -0.2) is 4.98 Å². The summed E-state index contributed by atoms with van der Waals surface area (Å²) >= 11 is 0. The maximum absolute atomic E-state index is 12.0. The van der Waals surface area contributed by atoms with Crippen molar-refractivity contribution in [3.63, 3.8) is 0 Å². The molecule has 0 radical (unpaired) electrons. The number of nitrogens with one attached hydrogen (secondary N) is 2. The number of benzene rings is 2. The predicted molar refractivity (Wildman–Crippen MR) is 90.7 cm³/mol. The average Bonchev–Trinajstić information content (AvgIpc) is 3.05. The molecule has 0 atom stereocenters. The zero-order valence-electron chi connectivity index (χ0n) is 13.0. The van der Waals surface area contributed by atoms with E-state index in [9.17, 15) is 14.9 Å². The summed E-state index contributed by atoms with van der Waals surface area (Å²) in [6.07, 6.45) is 0.252. The number of amides is 1. The van der Waals surface area contributed by atoms with E-state index in [-0.39, 0.29) is 18.0 Å². The van der Waals surface area contributed by atoms with Gasteiger partial charge in [-0.2, -0.15) is 5.26 Å². The SMILES string of the molecule is N#CCCNC(=O)c1ccc2nc(-c3ccc([N+](=O)[O-])cc3)[nH]c2c1. The van der Waals surface area contributed by atoms with Crippen molar-refractivity contribution < 1.29 is 9.72 Å². The molecule has 2 aromatic carbocycles. The van der Waals surface area contributed by atoms with E-state index in [1.807, 2.05) is 6.07 Å². The summed E-state index contributed by atoms with van der Waals surface area (Å²) in [6, 6.07) is 13.1. The minimum atomic E-state index is -0.459. The van der Waals surface area contributed by atoms with Crippen LogP contribution < -0.4 is 5.32 Å². The topological polar surface area (TPSA) is 125 Å². The van der Waals surface area contributed by atoms with E-state index in [0.29, 0.717) is 34.5 Å². The van der Waals surface area contributed by atoms with Crippen LogP contribution in [0.3, 0.4) is 0 Å². The molecule has 0 fully saturated rings. The van der Waals surface area contributed by atoms with Crippen LogP contribution in [0.1, 0.15) is 16.8 Å². The van der Waals surface area contributed by atoms with Gasteiger partial charge in [0.15, 0.2) is 0 Å². The number of carbonyl (C=O) groups is 1. The van der Waals surface area contributed by atoms with Gasteiger partial charge in [0.25, 0.3) is 11.6 Å². The lowest BCUT2D eigenvalue weighted by Crippen LogP contribution is -2.24. The molecule has 1 heterocycles. The van der Waals surface area contributed by atoms with Gasteiger partial charge in [0.1, 0.15) is 5.82 Å². The molecule has 1 aromatic heterocycles. The molecule has 8 heteroatoms. The lowest BCUT2D eigenvalue weighted by Gasteiger charge is -2.02. The Bertz CT molecular complexity index is 986. The first kappa shape index (κ1) is 16.1. The molecule has 8 nitrogen and oxygen atoms in total. The Balaban J connectivity index is 1.86. The molecule has 124 valence electrons. The molecule has 25 heavy (non-hydrogen) atoms. The Morgan fingerprint density at radius 2 is 2.04 bits per heavy atom. The highest BCUT2D eigenvalue weighted by Crippen LogP contribution is 2.23. The monoisotopic (exact) mass is 335 g/mol. The number of fused-ring (bicyclic) bond motifs is 1. The lowest BCUT2D eigenvalue weighted by atomic mass is 10.2. The Morgan fingerprint density at radius 3 is 2.72 bits per heavy atom. The molecule has 3 aromatic rings. The van der Waals surface area contributed by atoms with E-state index in [1.165, 1.54) is 12.1 Å². The normalized spacial score (nSPS) is 10.4. The summed E-state index contributed by atoms with van der Waals surface area (Å²) < 4.78 is 0. The summed E-state index contributed by atoms with van der Waals surface area (Å²) in [4.78, 5) is 29.8. The number of nitro benzene ring substituents is 1. The molecule has 3 rings (SSSR count). The minimum Gasteiger partial charge on any atom is -0.351 e. The predicted octanol–water partition coefficient (Wildman–Crippen LogP) is 2.78. The van der Waals surface area contributed by atoms with Gasteiger partial charge in [-0.15, -0.1) is 0 Å². The van der Waals surface area contributed by atoms with Crippen LogP contribution in [0.25, 0.3) is 22.4 Å². The molecule has 0 saturated carbocycles. The van der Waals surface area contributed by atoms with Crippen molar-refractivity contribution in [1.82, 2.24) is 15.3 Å². The van der Waals surface area contributed by atoms with Crippen LogP contribution in [0.15, 0.2) is 42.5 Å². The standard InChI is InChI=1S/C17H13N5O3/c18-8-1-9-19-17(23)12-4-7-14-15(10-12)21-16(20-14)11-2-5-13(6-3-11)22(24)25/h2-7,10H,1,9H2,(H,19,23)(H,20,21). The lowest BCUT2D eigenvalue weighted by molar-refractivity contribution is -0.384. The molecular formula is C17H13N5O3. The van der Waals surface area contributed by atoms with Gasteiger partial charge in [0, 0.05) is 29.8 Å². The van der Waals surface area contributed by atoms with Gasteiger partial charge in [-0.05, 0) is 30.3 Å². The molecule has 0 bridgehead atoms. The summed E-state index contributed by atoms with van der Waals surface area (Å²) in [7, 11) is 0. The van der Waals surface area contributed by atoms with Gasteiger partial charge >= 0.3 is 0 Å². The number of nitriles is 1. The highest BCUT2D eigenvalue weighted by Gasteiger charge is 2.11. The van der Waals surface area contributed by atoms with Crippen molar-refractivity contribution in [2.24, 2.45) is 0 Å². The van der Waals surface area contributed by atoms with E-state index >= 15 is 0 Å². The van der Waals surface area contributed by atoms with E-state index < -0.39 is 4.92 Å². The first-order valence-electron chi connectivity index (χ1n) is 7.48. The molecule has 0 aliphatic heterocycles. The van der Waals surface area contributed by atoms with Crippen LogP contribution in [-0.4, -0.2) is 27.3 Å². The van der Waals surface area contributed by atoms with Gasteiger partial charge in [-0.1, -0.05) is 0 Å². The molecular weight excluding hydrogens is 322 g/mol. The number of hydrogen-bond acceptors (Lipinski definition) is 5. The first-order valence-corrected chi connectivity index (χ1v) is 7.48. The van der Waals surface area contributed by atoms with Gasteiger partial charge in [-0.3, -0.25) is 14.9 Å². The quantitative estimate of drug-likeness (QED) is 0.421. The second-order valence-corrected chi connectivity index (χ2v) is 5.29. The average molecular weight is 335 g/mol. The van der Waals surface area contributed by atoms with Crippen molar-refractivity contribution in [1.29, 1.82) is 5.26 Å². The number of aromatic nitrogens is 2. The second-order valence-electron chi connectivity index (χ2n) is 5.29. The van der Waals surface area contributed by atoms with E-state index in [0.717, 1.165) is 0 Å². The zero-order chi connectivity index (χ0) is 17.8. The summed E-state index contributed by atoms with van der Waals surface area (Å²) in [5, 5.41) is 21.9. The van der Waals surface area contributed by atoms with E-state index in [4.69, 9.17) is 5.26 Å². The van der Waals surface area contributed by atoms with Crippen molar-refractivity contribution in [2.75, 3.05) is 6.54 Å². The summed E-state index contributed by atoms with van der Waals surface area (Å²) in [5.41, 5.74) is 2.55. The highest BCUT2D eigenvalue weighted by molar-refractivity contribution is 5.97. The van der Waals surface area contributed by atoms with Crippen LogP contribution in [0.2, 0.25) is 0 Å². The van der Waals surface area contributed by atoms with Crippen molar-refractivity contribution in [3.8, 4) is 17.5 Å².